The van der Waals surface area contributed by atoms with Gasteiger partial charge in [0, 0.05) is 18.0 Å². The van der Waals surface area contributed by atoms with Crippen molar-refractivity contribution in [2.75, 3.05) is 13.2 Å². The molecule has 2 rings (SSSR count). The van der Waals surface area contributed by atoms with Gasteiger partial charge in [0.1, 0.15) is 18.5 Å². The van der Waals surface area contributed by atoms with Crippen molar-refractivity contribution < 1.29 is 19.2 Å². The second kappa shape index (κ2) is 9.24. The summed E-state index contributed by atoms with van der Waals surface area (Å²) in [7, 11) is 0. The number of aliphatic hydroxyl groups is 1. The number of urea groups is 1. The number of aromatic nitrogens is 2. The van der Waals surface area contributed by atoms with Crippen LogP contribution in [0.25, 0.3) is 0 Å². The predicted molar refractivity (Wildman–Crippen MR) is 91.6 cm³/mol. The molecule has 2 aromatic rings. The number of ether oxygens (including phenoxy) is 1. The van der Waals surface area contributed by atoms with Crippen molar-refractivity contribution in [3.8, 4) is 5.75 Å². The molecule has 1 aromatic carbocycles. The first-order chi connectivity index (χ1) is 12.0. The highest BCUT2D eigenvalue weighted by Gasteiger charge is 2.10. The zero-order chi connectivity index (χ0) is 18.2. The number of nitrogens with one attached hydrogen (secondary N) is 2. The molecule has 1 aromatic heterocycles. The molecule has 9 heteroatoms. The van der Waals surface area contributed by atoms with Gasteiger partial charge in [-0.15, -0.1) is 0 Å². The molecule has 1 atom stereocenters. The number of halogens is 1. The van der Waals surface area contributed by atoms with Gasteiger partial charge in [-0.3, -0.25) is 0 Å². The standard InChI is InChI=1S/C16H21ClN4O4/c1-3-15-20-14(21-25-15)8-19-16(23)18-7-11(22)9-24-12-4-5-13(17)10(2)6-12/h4-6,11,22H,3,7-9H2,1-2H3,(H2,18,19,23)/t11-/m1/s1. The highest BCUT2D eigenvalue weighted by atomic mass is 35.5. The second-order valence-electron chi connectivity index (χ2n) is 5.40. The molecule has 0 aliphatic rings. The first-order valence-corrected chi connectivity index (χ1v) is 8.26. The van der Waals surface area contributed by atoms with E-state index in [1.54, 1.807) is 18.2 Å². The van der Waals surface area contributed by atoms with E-state index in [-0.39, 0.29) is 19.7 Å². The summed E-state index contributed by atoms with van der Waals surface area (Å²) < 4.78 is 10.4. The van der Waals surface area contributed by atoms with E-state index >= 15 is 0 Å². The van der Waals surface area contributed by atoms with Crippen LogP contribution in [0, 0.1) is 6.92 Å². The Kier molecular flexibility index (Phi) is 7.03. The number of carbonyl (C=O) groups is 1. The van der Waals surface area contributed by atoms with Crippen molar-refractivity contribution in [1.82, 2.24) is 20.8 Å². The van der Waals surface area contributed by atoms with Gasteiger partial charge in [0.25, 0.3) is 0 Å². The number of hydrogen-bond acceptors (Lipinski definition) is 6. The Bertz CT molecular complexity index is 707. The van der Waals surface area contributed by atoms with E-state index in [0.29, 0.717) is 28.9 Å². The molecule has 0 fully saturated rings. The lowest BCUT2D eigenvalue weighted by atomic mass is 10.2. The van der Waals surface area contributed by atoms with Crippen molar-refractivity contribution in [3.05, 3.63) is 40.5 Å². The maximum absolute atomic E-state index is 11.7. The summed E-state index contributed by atoms with van der Waals surface area (Å²) in [5, 5.41) is 19.4. The summed E-state index contributed by atoms with van der Waals surface area (Å²) >= 11 is 5.94. The first kappa shape index (κ1) is 19.0. The number of carbonyl (C=O) groups excluding carboxylic acids is 1. The molecule has 0 aliphatic heterocycles. The molecule has 136 valence electrons. The summed E-state index contributed by atoms with van der Waals surface area (Å²) in [4.78, 5) is 15.8. The molecule has 0 saturated heterocycles. The first-order valence-electron chi connectivity index (χ1n) is 7.88. The van der Waals surface area contributed by atoms with Crippen molar-refractivity contribution in [2.45, 2.75) is 32.9 Å². The Morgan fingerprint density at radius 3 is 2.92 bits per heavy atom. The van der Waals surface area contributed by atoms with E-state index in [1.165, 1.54) is 0 Å². The SMILES string of the molecule is CCc1nc(CNC(=O)NC[C@@H](O)COc2ccc(Cl)c(C)c2)no1. The number of benzene rings is 1. The zero-order valence-corrected chi connectivity index (χ0v) is 14.8. The van der Waals surface area contributed by atoms with Gasteiger partial charge in [0.15, 0.2) is 5.82 Å². The van der Waals surface area contributed by atoms with Crippen LogP contribution in [0.3, 0.4) is 0 Å². The van der Waals surface area contributed by atoms with Crippen LogP contribution in [0.2, 0.25) is 5.02 Å². The van der Waals surface area contributed by atoms with E-state index in [4.69, 9.17) is 20.9 Å². The van der Waals surface area contributed by atoms with Crippen LogP contribution in [0.1, 0.15) is 24.2 Å². The van der Waals surface area contributed by atoms with Crippen molar-refractivity contribution in [1.29, 1.82) is 0 Å². The number of aliphatic hydroxyl groups excluding tert-OH is 1. The lowest BCUT2D eigenvalue weighted by Gasteiger charge is -2.14. The Morgan fingerprint density at radius 1 is 1.44 bits per heavy atom. The molecule has 0 saturated carbocycles. The van der Waals surface area contributed by atoms with Crippen molar-refractivity contribution in [3.63, 3.8) is 0 Å². The second-order valence-corrected chi connectivity index (χ2v) is 5.80. The lowest BCUT2D eigenvalue weighted by Crippen LogP contribution is -2.41. The van der Waals surface area contributed by atoms with Crippen LogP contribution in [-0.2, 0) is 13.0 Å². The lowest BCUT2D eigenvalue weighted by molar-refractivity contribution is 0.108. The van der Waals surface area contributed by atoms with Crippen LogP contribution in [0.5, 0.6) is 5.75 Å². The highest BCUT2D eigenvalue weighted by Crippen LogP contribution is 2.21. The predicted octanol–water partition coefficient (Wildman–Crippen LogP) is 1.83. The highest BCUT2D eigenvalue weighted by molar-refractivity contribution is 6.31. The molecule has 0 spiro atoms. The number of amides is 2. The van der Waals surface area contributed by atoms with Gasteiger partial charge in [-0.05, 0) is 30.7 Å². The molecule has 1 heterocycles. The van der Waals surface area contributed by atoms with Gasteiger partial charge in [-0.2, -0.15) is 4.98 Å². The van der Waals surface area contributed by atoms with Crippen LogP contribution in [0.15, 0.2) is 22.7 Å². The Labute approximate surface area is 150 Å². The maximum Gasteiger partial charge on any atom is 0.315 e. The Hall–Kier alpha value is -2.32. The minimum absolute atomic E-state index is 0.0465. The van der Waals surface area contributed by atoms with Gasteiger partial charge in [-0.1, -0.05) is 23.7 Å². The fourth-order valence-electron chi connectivity index (χ4n) is 1.90. The molecule has 25 heavy (non-hydrogen) atoms. The Balaban J connectivity index is 1.65. The van der Waals surface area contributed by atoms with E-state index in [9.17, 15) is 9.90 Å². The summed E-state index contributed by atoms with van der Waals surface area (Å²) in [6.45, 7) is 4.00. The Morgan fingerprint density at radius 2 is 2.24 bits per heavy atom. The monoisotopic (exact) mass is 368 g/mol. The maximum atomic E-state index is 11.7. The molecule has 0 unspecified atom stereocenters. The van der Waals surface area contributed by atoms with Gasteiger partial charge >= 0.3 is 6.03 Å². The van der Waals surface area contributed by atoms with Gasteiger partial charge < -0.3 is 25.0 Å². The summed E-state index contributed by atoms with van der Waals surface area (Å²) in [6.07, 6.45) is -0.211. The minimum Gasteiger partial charge on any atom is -0.491 e. The fourth-order valence-corrected chi connectivity index (χ4v) is 2.01. The molecule has 0 bridgehead atoms. The molecule has 2 amide bonds. The van der Waals surface area contributed by atoms with Crippen LogP contribution in [-0.4, -0.2) is 40.5 Å². The van der Waals surface area contributed by atoms with E-state index in [2.05, 4.69) is 20.8 Å². The smallest absolute Gasteiger partial charge is 0.315 e. The van der Waals surface area contributed by atoms with E-state index in [0.717, 1.165) is 5.56 Å². The molecule has 0 radical (unpaired) electrons. The van der Waals surface area contributed by atoms with Gasteiger partial charge in [0.2, 0.25) is 5.89 Å². The largest absolute Gasteiger partial charge is 0.491 e. The average Bonchev–Trinajstić information content (AvgIpc) is 3.07. The zero-order valence-electron chi connectivity index (χ0n) is 14.1. The molecular formula is C16H21ClN4O4. The fraction of sp³-hybridized carbons (Fsp3) is 0.438. The molecular weight excluding hydrogens is 348 g/mol. The number of aryl methyl sites for hydroxylation is 2. The third-order valence-corrected chi connectivity index (χ3v) is 3.71. The third kappa shape index (κ3) is 6.24. The molecule has 8 nitrogen and oxygen atoms in total. The van der Waals surface area contributed by atoms with Crippen molar-refractivity contribution in [2.24, 2.45) is 0 Å². The summed E-state index contributed by atoms with van der Waals surface area (Å²) in [5.41, 5.74) is 0.888. The van der Waals surface area contributed by atoms with E-state index < -0.39 is 12.1 Å². The normalized spacial score (nSPS) is 11.8. The van der Waals surface area contributed by atoms with Crippen LogP contribution in [0.4, 0.5) is 4.79 Å². The van der Waals surface area contributed by atoms with Crippen LogP contribution >= 0.6 is 11.6 Å². The van der Waals surface area contributed by atoms with Gasteiger partial charge in [0.05, 0.1) is 6.54 Å². The van der Waals surface area contributed by atoms with Crippen LogP contribution < -0.4 is 15.4 Å². The molecule has 3 N–H and O–H groups in total. The quantitative estimate of drug-likeness (QED) is 0.655. The number of rotatable bonds is 8. The van der Waals surface area contributed by atoms with Gasteiger partial charge in [-0.25, -0.2) is 4.79 Å². The minimum atomic E-state index is -0.849. The molecule has 0 aliphatic carbocycles. The topological polar surface area (TPSA) is 110 Å². The average molecular weight is 369 g/mol. The van der Waals surface area contributed by atoms with E-state index in [1.807, 2.05) is 13.8 Å². The third-order valence-electron chi connectivity index (χ3n) is 3.29. The number of hydrogen-bond donors (Lipinski definition) is 3. The van der Waals surface area contributed by atoms with Crippen molar-refractivity contribution >= 4 is 17.6 Å². The number of nitrogens with zero attached hydrogens (tertiary/aromatic N) is 2. The summed E-state index contributed by atoms with van der Waals surface area (Å²) in [5.74, 6) is 1.52. The summed E-state index contributed by atoms with van der Waals surface area (Å²) in [6, 6.07) is 4.79.